The summed E-state index contributed by atoms with van der Waals surface area (Å²) in [6, 6.07) is 0. The number of aliphatic hydroxyl groups is 1. The number of hydrogen-bond donors (Lipinski definition) is 1. The lowest BCUT2D eigenvalue weighted by Gasteiger charge is -2.12. The molecule has 0 fully saturated rings. The summed E-state index contributed by atoms with van der Waals surface area (Å²) in [5.41, 5.74) is 0.799. The van der Waals surface area contributed by atoms with E-state index < -0.39 is 0 Å². The van der Waals surface area contributed by atoms with E-state index >= 15 is 0 Å². The topological polar surface area (TPSA) is 32.6 Å². The molecule has 0 aliphatic rings. The second kappa shape index (κ2) is 3.56. The van der Waals surface area contributed by atoms with Gasteiger partial charge in [0.05, 0.1) is 11.3 Å². The summed E-state index contributed by atoms with van der Waals surface area (Å²) in [6.45, 7) is 9.60. The minimum absolute atomic E-state index is 0.0595. The van der Waals surface area contributed by atoms with Gasteiger partial charge in [-0.2, -0.15) is 0 Å². The third-order valence-corrected chi connectivity index (χ3v) is 0.930. The third kappa shape index (κ3) is 7.10. The van der Waals surface area contributed by atoms with Gasteiger partial charge in [-0.05, 0) is 40.7 Å². The van der Waals surface area contributed by atoms with Crippen molar-refractivity contribution in [2.24, 2.45) is 4.99 Å². The lowest BCUT2D eigenvalue weighted by atomic mass is 10.1. The summed E-state index contributed by atoms with van der Waals surface area (Å²) in [7, 11) is 0. The Hall–Kier alpha value is -0.790. The van der Waals surface area contributed by atoms with Crippen LogP contribution in [0, 0.1) is 0 Å². The maximum Gasteiger partial charge on any atom is 0.0909 e. The van der Waals surface area contributed by atoms with Crippen LogP contribution in [0.5, 0.6) is 0 Å². The monoisotopic (exact) mass is 155 g/mol. The summed E-state index contributed by atoms with van der Waals surface area (Å²) in [4.78, 5) is 4.33. The van der Waals surface area contributed by atoms with Gasteiger partial charge in [0.2, 0.25) is 0 Å². The molecule has 0 heterocycles. The summed E-state index contributed by atoms with van der Waals surface area (Å²) in [6.07, 6.45) is 1.66. The molecule has 0 spiro atoms. The van der Waals surface area contributed by atoms with E-state index in [2.05, 4.69) is 4.99 Å². The Kier molecular flexibility index (Phi) is 3.30. The smallest absolute Gasteiger partial charge is 0.0909 e. The molecule has 64 valence electrons. The standard InChI is InChI=1S/C9H17NO/c1-7(6-8(2)11)10-9(3,4)5/h6,11H,1-5H3/b8-6-,10-7+. The predicted molar refractivity (Wildman–Crippen MR) is 49.2 cm³/mol. The van der Waals surface area contributed by atoms with Gasteiger partial charge in [-0.1, -0.05) is 0 Å². The largest absolute Gasteiger partial charge is 0.513 e. The van der Waals surface area contributed by atoms with E-state index in [4.69, 9.17) is 5.11 Å². The van der Waals surface area contributed by atoms with Crippen LogP contribution in [0.4, 0.5) is 0 Å². The van der Waals surface area contributed by atoms with Crippen molar-refractivity contribution in [3.8, 4) is 0 Å². The summed E-state index contributed by atoms with van der Waals surface area (Å²) >= 11 is 0. The van der Waals surface area contributed by atoms with Crippen molar-refractivity contribution in [1.29, 1.82) is 0 Å². The lowest BCUT2D eigenvalue weighted by molar-refractivity contribution is 0.415. The highest BCUT2D eigenvalue weighted by molar-refractivity contribution is 5.93. The SMILES string of the molecule is C/C(O)=C/C(C)=N/C(C)(C)C. The minimum Gasteiger partial charge on any atom is -0.513 e. The van der Waals surface area contributed by atoms with Crippen LogP contribution in [-0.2, 0) is 0 Å². The van der Waals surface area contributed by atoms with E-state index in [0.29, 0.717) is 5.76 Å². The first-order chi connectivity index (χ1) is 4.81. The van der Waals surface area contributed by atoms with Crippen molar-refractivity contribution in [2.75, 3.05) is 0 Å². The molecule has 0 saturated carbocycles. The van der Waals surface area contributed by atoms with Crippen molar-refractivity contribution in [2.45, 2.75) is 40.2 Å². The van der Waals surface area contributed by atoms with Gasteiger partial charge in [0, 0.05) is 5.71 Å². The minimum atomic E-state index is -0.0595. The Bertz CT molecular complexity index is 180. The maximum absolute atomic E-state index is 8.90. The van der Waals surface area contributed by atoms with Crippen LogP contribution in [0.3, 0.4) is 0 Å². The Morgan fingerprint density at radius 2 is 1.73 bits per heavy atom. The summed E-state index contributed by atoms with van der Waals surface area (Å²) < 4.78 is 0. The highest BCUT2D eigenvalue weighted by Gasteiger charge is 2.05. The molecule has 0 aromatic carbocycles. The van der Waals surface area contributed by atoms with Crippen LogP contribution in [0.1, 0.15) is 34.6 Å². The van der Waals surface area contributed by atoms with Gasteiger partial charge in [0.1, 0.15) is 0 Å². The Morgan fingerprint density at radius 3 is 2.00 bits per heavy atom. The van der Waals surface area contributed by atoms with Crippen LogP contribution in [0.2, 0.25) is 0 Å². The zero-order valence-electron chi connectivity index (χ0n) is 7.97. The van der Waals surface area contributed by atoms with Gasteiger partial charge in [0.25, 0.3) is 0 Å². The Morgan fingerprint density at radius 1 is 1.27 bits per heavy atom. The molecule has 0 unspecified atom stereocenters. The normalized spacial score (nSPS) is 15.4. The first-order valence-corrected chi connectivity index (χ1v) is 3.75. The maximum atomic E-state index is 8.90. The molecule has 0 rings (SSSR count). The van der Waals surface area contributed by atoms with Crippen LogP contribution in [-0.4, -0.2) is 16.4 Å². The number of aliphatic hydroxyl groups excluding tert-OH is 1. The van der Waals surface area contributed by atoms with E-state index in [0.717, 1.165) is 5.71 Å². The number of rotatable bonds is 1. The molecule has 0 radical (unpaired) electrons. The van der Waals surface area contributed by atoms with Gasteiger partial charge in [0.15, 0.2) is 0 Å². The van der Waals surface area contributed by atoms with E-state index in [1.165, 1.54) is 0 Å². The molecule has 11 heavy (non-hydrogen) atoms. The zero-order valence-corrected chi connectivity index (χ0v) is 7.97. The molecule has 0 amide bonds. The fraction of sp³-hybridized carbons (Fsp3) is 0.667. The summed E-state index contributed by atoms with van der Waals surface area (Å²) in [5.74, 6) is 0.301. The lowest BCUT2D eigenvalue weighted by Crippen LogP contribution is -2.11. The first kappa shape index (κ1) is 10.2. The van der Waals surface area contributed by atoms with Gasteiger partial charge in [-0.25, -0.2) is 0 Å². The van der Waals surface area contributed by atoms with Crippen molar-refractivity contribution >= 4 is 5.71 Å². The van der Waals surface area contributed by atoms with Crippen molar-refractivity contribution < 1.29 is 5.11 Å². The van der Waals surface area contributed by atoms with Gasteiger partial charge < -0.3 is 5.11 Å². The number of allylic oxidation sites excluding steroid dienone is 2. The van der Waals surface area contributed by atoms with Gasteiger partial charge >= 0.3 is 0 Å². The highest BCUT2D eigenvalue weighted by Crippen LogP contribution is 2.07. The van der Waals surface area contributed by atoms with E-state index in [1.807, 2.05) is 27.7 Å². The number of nitrogens with zero attached hydrogens (tertiary/aromatic N) is 1. The number of hydrogen-bond acceptors (Lipinski definition) is 2. The Labute approximate surface area is 68.7 Å². The zero-order chi connectivity index (χ0) is 9.07. The van der Waals surface area contributed by atoms with Crippen LogP contribution in [0.15, 0.2) is 16.8 Å². The molecular formula is C9H17NO. The molecule has 0 aliphatic heterocycles. The van der Waals surface area contributed by atoms with E-state index in [-0.39, 0.29) is 5.54 Å². The average Bonchev–Trinajstić information content (AvgIpc) is 1.53. The predicted octanol–water partition coefficient (Wildman–Crippen LogP) is 2.71. The second-order valence-corrected chi connectivity index (χ2v) is 3.71. The quantitative estimate of drug-likeness (QED) is 0.458. The second-order valence-electron chi connectivity index (χ2n) is 3.71. The van der Waals surface area contributed by atoms with Crippen molar-refractivity contribution in [1.82, 2.24) is 0 Å². The van der Waals surface area contributed by atoms with Crippen molar-refractivity contribution in [3.63, 3.8) is 0 Å². The van der Waals surface area contributed by atoms with Crippen molar-refractivity contribution in [3.05, 3.63) is 11.8 Å². The molecule has 2 nitrogen and oxygen atoms in total. The fourth-order valence-corrected chi connectivity index (χ4v) is 0.864. The van der Waals surface area contributed by atoms with Crippen LogP contribution < -0.4 is 0 Å². The molecule has 0 atom stereocenters. The van der Waals surface area contributed by atoms with Crippen LogP contribution >= 0.6 is 0 Å². The molecule has 0 aromatic heterocycles. The number of aliphatic imine (C=N–C) groups is 1. The molecule has 2 heteroatoms. The molecule has 0 bridgehead atoms. The highest BCUT2D eigenvalue weighted by atomic mass is 16.3. The van der Waals surface area contributed by atoms with Gasteiger partial charge in [-0.3, -0.25) is 4.99 Å². The van der Waals surface area contributed by atoms with Crippen LogP contribution in [0.25, 0.3) is 0 Å². The molecule has 1 N–H and O–H groups in total. The Balaban J connectivity index is 4.36. The van der Waals surface area contributed by atoms with E-state index in [9.17, 15) is 0 Å². The average molecular weight is 155 g/mol. The molecule has 0 aliphatic carbocycles. The summed E-state index contributed by atoms with van der Waals surface area (Å²) in [5, 5.41) is 8.90. The first-order valence-electron chi connectivity index (χ1n) is 3.75. The fourth-order valence-electron chi connectivity index (χ4n) is 0.864. The third-order valence-electron chi connectivity index (χ3n) is 0.930. The van der Waals surface area contributed by atoms with Gasteiger partial charge in [-0.15, -0.1) is 0 Å². The molecule has 0 saturated heterocycles. The molecular weight excluding hydrogens is 138 g/mol. The molecule has 0 aromatic rings. The van der Waals surface area contributed by atoms with E-state index in [1.54, 1.807) is 13.0 Å².